The second-order valence-corrected chi connectivity index (χ2v) is 7.49. The molecule has 2 aliphatic rings. The number of rotatable bonds is 4. The molecule has 2 heterocycles. The lowest BCUT2D eigenvalue weighted by molar-refractivity contribution is 0.0697. The van der Waals surface area contributed by atoms with Crippen molar-refractivity contribution >= 4 is 5.91 Å². The number of hydrogen-bond donors (Lipinski definition) is 0. The zero-order chi connectivity index (χ0) is 16.6. The fourth-order valence-corrected chi connectivity index (χ4v) is 3.62. The molecule has 0 N–H and O–H groups in total. The Hall–Kier alpha value is -1.36. The third kappa shape index (κ3) is 3.77. The van der Waals surface area contributed by atoms with Crippen LogP contribution in [0.25, 0.3) is 0 Å². The van der Waals surface area contributed by atoms with Crippen molar-refractivity contribution in [2.45, 2.75) is 53.0 Å². The van der Waals surface area contributed by atoms with Gasteiger partial charge in [0.15, 0.2) is 11.6 Å². The zero-order valence-corrected chi connectivity index (χ0v) is 14.8. The number of carbonyl (C=O) groups excluding carboxylic acids is 1. The van der Waals surface area contributed by atoms with E-state index in [0.29, 0.717) is 29.3 Å². The van der Waals surface area contributed by atoms with Gasteiger partial charge >= 0.3 is 0 Å². The van der Waals surface area contributed by atoms with Crippen LogP contribution < -0.4 is 0 Å². The molecule has 0 spiro atoms. The van der Waals surface area contributed by atoms with Gasteiger partial charge in [-0.1, -0.05) is 13.8 Å². The number of aryl methyl sites for hydroxylation is 2. The topological polar surface area (TPSA) is 49.6 Å². The van der Waals surface area contributed by atoms with Gasteiger partial charge in [-0.15, -0.1) is 0 Å². The number of hydrogen-bond acceptors (Lipinski definition) is 4. The van der Waals surface area contributed by atoms with Gasteiger partial charge in [-0.05, 0) is 38.0 Å². The summed E-state index contributed by atoms with van der Waals surface area (Å²) in [6.07, 6.45) is 3.79. The van der Waals surface area contributed by atoms with E-state index in [4.69, 9.17) is 4.42 Å². The molecule has 0 bridgehead atoms. The van der Waals surface area contributed by atoms with Crippen LogP contribution in [-0.2, 0) is 0 Å². The molecular weight excluding hydrogens is 290 g/mol. The molecule has 5 heteroatoms. The molecule has 1 aromatic heterocycles. The maximum absolute atomic E-state index is 12.9. The average Bonchev–Trinajstić information content (AvgIpc) is 3.26. The van der Waals surface area contributed by atoms with Gasteiger partial charge in [0.25, 0.3) is 5.91 Å². The Bertz CT molecular complexity index is 563. The summed E-state index contributed by atoms with van der Waals surface area (Å²) in [6.45, 7) is 12.1. The number of carbonyl (C=O) groups is 1. The maximum atomic E-state index is 12.9. The Kier molecular flexibility index (Phi) is 4.76. The Morgan fingerprint density at radius 1 is 1.30 bits per heavy atom. The first-order valence-electron chi connectivity index (χ1n) is 8.93. The summed E-state index contributed by atoms with van der Waals surface area (Å²) >= 11 is 0. The highest BCUT2D eigenvalue weighted by Crippen LogP contribution is 2.32. The summed E-state index contributed by atoms with van der Waals surface area (Å²) in [5.74, 6) is 2.66. The summed E-state index contributed by atoms with van der Waals surface area (Å²) in [4.78, 5) is 21.8. The maximum Gasteiger partial charge on any atom is 0.276 e. The first kappa shape index (κ1) is 16.5. The first-order chi connectivity index (χ1) is 11.0. The lowest BCUT2D eigenvalue weighted by Crippen LogP contribution is -2.46. The summed E-state index contributed by atoms with van der Waals surface area (Å²) in [7, 11) is 0. The highest BCUT2D eigenvalue weighted by Gasteiger charge is 2.34. The van der Waals surface area contributed by atoms with Crippen LogP contribution in [0.4, 0.5) is 0 Å². The fraction of sp³-hybridized carbons (Fsp3) is 0.778. The van der Waals surface area contributed by atoms with Gasteiger partial charge in [-0.2, -0.15) is 0 Å². The summed E-state index contributed by atoms with van der Waals surface area (Å²) < 4.78 is 5.44. The van der Waals surface area contributed by atoms with E-state index in [9.17, 15) is 4.79 Å². The molecule has 1 aliphatic heterocycles. The number of nitrogens with zero attached hydrogens (tertiary/aromatic N) is 3. The Labute approximate surface area is 139 Å². The molecule has 2 fully saturated rings. The molecule has 23 heavy (non-hydrogen) atoms. The van der Waals surface area contributed by atoms with Crippen LogP contribution in [0, 0.1) is 25.7 Å². The van der Waals surface area contributed by atoms with Crippen LogP contribution in [0.15, 0.2) is 4.42 Å². The van der Waals surface area contributed by atoms with E-state index in [-0.39, 0.29) is 5.91 Å². The lowest BCUT2D eigenvalue weighted by Gasteiger charge is -2.34. The molecule has 1 saturated carbocycles. The average molecular weight is 319 g/mol. The predicted molar refractivity (Wildman–Crippen MR) is 89.4 cm³/mol. The molecule has 1 amide bonds. The molecule has 1 aromatic rings. The van der Waals surface area contributed by atoms with E-state index in [0.717, 1.165) is 32.0 Å². The quantitative estimate of drug-likeness (QED) is 0.856. The second-order valence-electron chi connectivity index (χ2n) is 7.49. The van der Waals surface area contributed by atoms with Crippen molar-refractivity contribution in [3.05, 3.63) is 17.3 Å². The van der Waals surface area contributed by atoms with Crippen molar-refractivity contribution in [2.75, 3.05) is 26.2 Å². The summed E-state index contributed by atoms with van der Waals surface area (Å²) in [5.41, 5.74) is 0.487. The molecule has 1 saturated heterocycles. The second kappa shape index (κ2) is 6.63. The van der Waals surface area contributed by atoms with E-state index >= 15 is 0 Å². The molecule has 0 aromatic carbocycles. The van der Waals surface area contributed by atoms with Gasteiger partial charge in [0, 0.05) is 39.1 Å². The third-order valence-electron chi connectivity index (χ3n) is 5.10. The number of amides is 1. The first-order valence-corrected chi connectivity index (χ1v) is 8.93. The van der Waals surface area contributed by atoms with Crippen LogP contribution in [0.3, 0.4) is 0 Å². The molecule has 5 nitrogen and oxygen atoms in total. The Balaban J connectivity index is 1.75. The van der Waals surface area contributed by atoms with Crippen LogP contribution in [-0.4, -0.2) is 52.9 Å². The molecule has 3 rings (SSSR count). The third-order valence-corrected chi connectivity index (χ3v) is 5.10. The zero-order valence-electron chi connectivity index (χ0n) is 14.8. The van der Waals surface area contributed by atoms with E-state index in [1.165, 1.54) is 19.4 Å². The van der Waals surface area contributed by atoms with Crippen molar-refractivity contribution in [1.82, 2.24) is 14.8 Å². The fourth-order valence-electron chi connectivity index (χ4n) is 3.62. The monoisotopic (exact) mass is 319 g/mol. The smallest absolute Gasteiger partial charge is 0.276 e. The van der Waals surface area contributed by atoms with Crippen LogP contribution in [0.2, 0.25) is 0 Å². The largest absolute Gasteiger partial charge is 0.445 e. The van der Waals surface area contributed by atoms with Crippen molar-refractivity contribution < 1.29 is 9.21 Å². The van der Waals surface area contributed by atoms with Gasteiger partial charge in [-0.25, -0.2) is 4.98 Å². The van der Waals surface area contributed by atoms with E-state index in [1.54, 1.807) is 6.92 Å². The minimum absolute atomic E-state index is 0.0262. The van der Waals surface area contributed by atoms with E-state index in [2.05, 4.69) is 23.7 Å². The highest BCUT2D eigenvalue weighted by atomic mass is 16.4. The minimum atomic E-state index is 0.0262. The van der Waals surface area contributed by atoms with Crippen molar-refractivity contribution in [3.63, 3.8) is 0 Å². The SMILES string of the molecule is Cc1nc(C(=O)N2CCCN(CC3CC3)[C@H](C(C)C)C2)c(C)o1. The molecular formula is C18H29N3O2. The Morgan fingerprint density at radius 2 is 2.04 bits per heavy atom. The standard InChI is InChI=1S/C18H29N3O2/c1-12(2)16-11-21(9-5-8-20(16)10-15-6-7-15)18(22)17-13(3)23-14(4)19-17/h12,15-16H,5-11H2,1-4H3/t16-/m0/s1. The summed E-state index contributed by atoms with van der Waals surface area (Å²) in [6, 6.07) is 0.440. The lowest BCUT2D eigenvalue weighted by atomic mass is 10.0. The van der Waals surface area contributed by atoms with Gasteiger partial charge in [0.2, 0.25) is 0 Å². The van der Waals surface area contributed by atoms with Crippen LogP contribution in [0.1, 0.15) is 55.2 Å². The van der Waals surface area contributed by atoms with E-state index in [1.807, 2.05) is 11.8 Å². The molecule has 0 unspecified atom stereocenters. The number of oxazole rings is 1. The van der Waals surface area contributed by atoms with Gasteiger partial charge in [0.1, 0.15) is 5.76 Å². The number of aromatic nitrogens is 1. The predicted octanol–water partition coefficient (Wildman–Crippen LogP) is 2.87. The van der Waals surface area contributed by atoms with Crippen molar-refractivity contribution in [2.24, 2.45) is 11.8 Å². The minimum Gasteiger partial charge on any atom is -0.445 e. The van der Waals surface area contributed by atoms with E-state index < -0.39 is 0 Å². The normalized spacial score (nSPS) is 23.3. The van der Waals surface area contributed by atoms with Crippen LogP contribution in [0.5, 0.6) is 0 Å². The molecule has 1 atom stereocenters. The van der Waals surface area contributed by atoms with Crippen molar-refractivity contribution in [3.8, 4) is 0 Å². The Morgan fingerprint density at radius 3 is 2.61 bits per heavy atom. The van der Waals surface area contributed by atoms with Gasteiger partial charge in [-0.3, -0.25) is 9.69 Å². The summed E-state index contributed by atoms with van der Waals surface area (Å²) in [5, 5.41) is 0. The van der Waals surface area contributed by atoms with Gasteiger partial charge in [0.05, 0.1) is 0 Å². The van der Waals surface area contributed by atoms with Gasteiger partial charge < -0.3 is 9.32 Å². The highest BCUT2D eigenvalue weighted by molar-refractivity contribution is 5.93. The van der Waals surface area contributed by atoms with Crippen molar-refractivity contribution in [1.29, 1.82) is 0 Å². The molecule has 0 radical (unpaired) electrons. The van der Waals surface area contributed by atoms with Crippen LogP contribution >= 0.6 is 0 Å². The molecule has 1 aliphatic carbocycles. The molecule has 128 valence electrons.